The standard InChI is InChI=1S/C19H19ClFN3O3/c1-12-10-22-7-6-15(12)19(26)24-13(2)5-8-23-18(25)11-27-14-3-4-16(20)17(21)9-14/h3-4,6-7,9-10H,2,5,8,11H2,1H3,(H,23,25)(H,24,26). The van der Waals surface area contributed by atoms with E-state index in [-0.39, 0.29) is 35.7 Å². The summed E-state index contributed by atoms with van der Waals surface area (Å²) in [7, 11) is 0. The molecule has 0 saturated carbocycles. The molecule has 0 atom stereocenters. The summed E-state index contributed by atoms with van der Waals surface area (Å²) in [5, 5.41) is 5.29. The summed E-state index contributed by atoms with van der Waals surface area (Å²) in [6, 6.07) is 5.54. The molecule has 2 aromatic rings. The highest BCUT2D eigenvalue weighted by Gasteiger charge is 2.10. The van der Waals surface area contributed by atoms with Crippen LogP contribution in [0, 0.1) is 12.7 Å². The van der Waals surface area contributed by atoms with Crippen molar-refractivity contribution in [2.24, 2.45) is 0 Å². The van der Waals surface area contributed by atoms with Crippen molar-refractivity contribution < 1.29 is 18.7 Å². The van der Waals surface area contributed by atoms with Gasteiger partial charge in [-0.15, -0.1) is 0 Å². The van der Waals surface area contributed by atoms with Gasteiger partial charge in [-0.3, -0.25) is 14.6 Å². The van der Waals surface area contributed by atoms with Crippen LogP contribution in [0.25, 0.3) is 0 Å². The predicted molar refractivity (Wildman–Crippen MR) is 100 cm³/mol. The van der Waals surface area contributed by atoms with Gasteiger partial charge in [0, 0.05) is 42.7 Å². The molecule has 0 aliphatic carbocycles. The molecular weight excluding hydrogens is 373 g/mol. The van der Waals surface area contributed by atoms with Gasteiger partial charge in [0.15, 0.2) is 6.61 Å². The number of nitrogens with zero attached hydrogens (tertiary/aromatic N) is 1. The van der Waals surface area contributed by atoms with Crippen molar-refractivity contribution in [3.8, 4) is 5.75 Å². The van der Waals surface area contributed by atoms with Crippen LogP contribution in [0.4, 0.5) is 4.39 Å². The van der Waals surface area contributed by atoms with E-state index in [4.69, 9.17) is 16.3 Å². The van der Waals surface area contributed by atoms with E-state index in [2.05, 4.69) is 22.2 Å². The summed E-state index contributed by atoms with van der Waals surface area (Å²) < 4.78 is 18.5. The lowest BCUT2D eigenvalue weighted by molar-refractivity contribution is -0.123. The van der Waals surface area contributed by atoms with Crippen LogP contribution >= 0.6 is 11.6 Å². The summed E-state index contributed by atoms with van der Waals surface area (Å²) in [4.78, 5) is 27.8. The number of carbonyl (C=O) groups excluding carboxylic acids is 2. The highest BCUT2D eigenvalue weighted by Crippen LogP contribution is 2.20. The molecule has 1 aromatic heterocycles. The number of hydrogen-bond donors (Lipinski definition) is 2. The molecule has 8 heteroatoms. The number of carbonyl (C=O) groups is 2. The largest absolute Gasteiger partial charge is 0.484 e. The summed E-state index contributed by atoms with van der Waals surface area (Å²) >= 11 is 5.57. The van der Waals surface area contributed by atoms with Crippen LogP contribution < -0.4 is 15.4 Å². The van der Waals surface area contributed by atoms with Crippen molar-refractivity contribution in [1.82, 2.24) is 15.6 Å². The maximum atomic E-state index is 13.3. The van der Waals surface area contributed by atoms with E-state index in [9.17, 15) is 14.0 Å². The molecule has 6 nitrogen and oxygen atoms in total. The smallest absolute Gasteiger partial charge is 0.257 e. The summed E-state index contributed by atoms with van der Waals surface area (Å²) in [6.45, 7) is 5.56. The number of ether oxygens (including phenoxy) is 1. The van der Waals surface area contributed by atoms with E-state index in [0.717, 1.165) is 11.6 Å². The maximum absolute atomic E-state index is 13.3. The molecule has 142 valence electrons. The molecule has 0 bridgehead atoms. The van der Waals surface area contributed by atoms with Gasteiger partial charge in [0.25, 0.3) is 11.8 Å². The van der Waals surface area contributed by atoms with E-state index in [1.54, 1.807) is 19.2 Å². The second kappa shape index (κ2) is 9.68. The Morgan fingerprint density at radius 2 is 2.11 bits per heavy atom. The molecule has 0 saturated heterocycles. The van der Waals surface area contributed by atoms with Crippen molar-refractivity contribution in [2.75, 3.05) is 13.2 Å². The first-order valence-electron chi connectivity index (χ1n) is 8.11. The average Bonchev–Trinajstić information content (AvgIpc) is 2.63. The number of benzene rings is 1. The third kappa shape index (κ3) is 6.38. The van der Waals surface area contributed by atoms with Crippen LogP contribution in [0.5, 0.6) is 5.75 Å². The van der Waals surface area contributed by atoms with Gasteiger partial charge in [-0.2, -0.15) is 0 Å². The Hall–Kier alpha value is -2.93. The molecule has 0 radical (unpaired) electrons. The third-order valence-electron chi connectivity index (χ3n) is 3.57. The molecule has 27 heavy (non-hydrogen) atoms. The molecule has 2 N–H and O–H groups in total. The molecule has 0 fully saturated rings. The molecule has 1 aromatic carbocycles. The van der Waals surface area contributed by atoms with Gasteiger partial charge in [0.2, 0.25) is 0 Å². The lowest BCUT2D eigenvalue weighted by Gasteiger charge is -2.11. The first-order valence-corrected chi connectivity index (χ1v) is 8.49. The second-order valence-corrected chi connectivity index (χ2v) is 6.12. The maximum Gasteiger partial charge on any atom is 0.257 e. The van der Waals surface area contributed by atoms with Crippen molar-refractivity contribution >= 4 is 23.4 Å². The number of nitrogens with one attached hydrogen (secondary N) is 2. The summed E-state index contributed by atoms with van der Waals surface area (Å²) in [5.74, 6) is -1.07. The van der Waals surface area contributed by atoms with Crippen LogP contribution in [-0.4, -0.2) is 29.9 Å². The number of hydrogen-bond acceptors (Lipinski definition) is 4. The summed E-state index contributed by atoms with van der Waals surface area (Å²) in [5.41, 5.74) is 1.74. The zero-order chi connectivity index (χ0) is 19.8. The van der Waals surface area contributed by atoms with E-state index in [1.807, 2.05) is 0 Å². The Kier molecular flexibility index (Phi) is 7.31. The van der Waals surface area contributed by atoms with Crippen LogP contribution in [0.2, 0.25) is 5.02 Å². The fourth-order valence-electron chi connectivity index (χ4n) is 2.14. The van der Waals surface area contributed by atoms with Crippen molar-refractivity contribution in [3.05, 3.63) is 70.9 Å². The highest BCUT2D eigenvalue weighted by molar-refractivity contribution is 6.30. The SMILES string of the molecule is C=C(CCNC(=O)COc1ccc(Cl)c(F)c1)NC(=O)c1ccncc1C. The zero-order valence-corrected chi connectivity index (χ0v) is 15.5. The molecule has 0 spiro atoms. The molecule has 1 heterocycles. The van der Waals surface area contributed by atoms with Crippen LogP contribution in [0.1, 0.15) is 22.3 Å². The van der Waals surface area contributed by atoms with Gasteiger partial charge < -0.3 is 15.4 Å². The van der Waals surface area contributed by atoms with E-state index in [1.165, 1.54) is 18.3 Å². The fourth-order valence-corrected chi connectivity index (χ4v) is 2.26. The minimum atomic E-state index is -0.619. The predicted octanol–water partition coefficient (Wildman–Crippen LogP) is 3.01. The molecule has 2 rings (SSSR count). The molecule has 0 aliphatic rings. The Morgan fingerprint density at radius 1 is 1.33 bits per heavy atom. The first kappa shape index (κ1) is 20.4. The molecular formula is C19H19ClFN3O3. The van der Waals surface area contributed by atoms with E-state index in [0.29, 0.717) is 17.7 Å². The number of aryl methyl sites for hydroxylation is 1. The monoisotopic (exact) mass is 391 g/mol. The van der Waals surface area contributed by atoms with Gasteiger partial charge in [0.1, 0.15) is 11.6 Å². The Labute approximate surface area is 161 Å². The van der Waals surface area contributed by atoms with Crippen molar-refractivity contribution in [2.45, 2.75) is 13.3 Å². The topological polar surface area (TPSA) is 80.3 Å². The van der Waals surface area contributed by atoms with E-state index < -0.39 is 5.82 Å². The number of halogens is 2. The second-order valence-electron chi connectivity index (χ2n) is 5.71. The van der Waals surface area contributed by atoms with Gasteiger partial charge in [-0.25, -0.2) is 4.39 Å². The molecule has 0 unspecified atom stereocenters. The Balaban J connectivity index is 1.69. The average molecular weight is 392 g/mol. The zero-order valence-electron chi connectivity index (χ0n) is 14.7. The lowest BCUT2D eigenvalue weighted by atomic mass is 10.1. The Morgan fingerprint density at radius 3 is 2.81 bits per heavy atom. The van der Waals surface area contributed by atoms with E-state index >= 15 is 0 Å². The summed E-state index contributed by atoms with van der Waals surface area (Å²) in [6.07, 6.45) is 3.50. The minimum Gasteiger partial charge on any atom is -0.484 e. The molecule has 2 amide bonds. The number of pyridine rings is 1. The quantitative estimate of drug-likeness (QED) is 0.724. The van der Waals surface area contributed by atoms with Gasteiger partial charge in [-0.1, -0.05) is 18.2 Å². The first-order chi connectivity index (χ1) is 12.9. The van der Waals surface area contributed by atoms with Crippen LogP contribution in [-0.2, 0) is 4.79 Å². The van der Waals surface area contributed by atoms with Gasteiger partial charge >= 0.3 is 0 Å². The van der Waals surface area contributed by atoms with Gasteiger partial charge in [0.05, 0.1) is 5.02 Å². The number of aromatic nitrogens is 1. The molecule has 0 aliphatic heterocycles. The number of amides is 2. The van der Waals surface area contributed by atoms with Gasteiger partial charge in [-0.05, 0) is 30.7 Å². The lowest BCUT2D eigenvalue weighted by Crippen LogP contribution is -2.31. The van der Waals surface area contributed by atoms with Crippen LogP contribution in [0.15, 0.2) is 48.9 Å². The normalized spacial score (nSPS) is 10.2. The van der Waals surface area contributed by atoms with Crippen LogP contribution in [0.3, 0.4) is 0 Å². The van der Waals surface area contributed by atoms with Crippen molar-refractivity contribution in [3.63, 3.8) is 0 Å². The third-order valence-corrected chi connectivity index (χ3v) is 3.87. The highest BCUT2D eigenvalue weighted by atomic mass is 35.5. The van der Waals surface area contributed by atoms with Crippen molar-refractivity contribution in [1.29, 1.82) is 0 Å². The Bertz CT molecular complexity index is 858. The minimum absolute atomic E-state index is 0.0191. The fraction of sp³-hybridized carbons (Fsp3) is 0.211. The number of rotatable bonds is 8.